The normalized spacial score (nSPS) is 21.0. The molecule has 2 aromatic carbocycles. The molecule has 1 aliphatic carbocycles. The average Bonchev–Trinajstić information content (AvgIpc) is 3.09. The molecule has 6 heteroatoms. The number of hydrogen-bond donors (Lipinski definition) is 1. The van der Waals surface area contributed by atoms with Gasteiger partial charge in [0, 0.05) is 17.5 Å². The molecule has 5 rings (SSSR count). The van der Waals surface area contributed by atoms with Crippen molar-refractivity contribution >= 4 is 11.6 Å². The lowest BCUT2D eigenvalue weighted by atomic mass is 9.78. The highest BCUT2D eigenvalue weighted by Gasteiger charge is 2.29. The molecule has 0 unspecified atom stereocenters. The van der Waals surface area contributed by atoms with Crippen LogP contribution < -0.4 is 5.32 Å². The third-order valence-corrected chi connectivity index (χ3v) is 6.45. The van der Waals surface area contributed by atoms with Crippen LogP contribution in [-0.2, 0) is 13.1 Å². The van der Waals surface area contributed by atoms with E-state index in [-0.39, 0.29) is 0 Å². The van der Waals surface area contributed by atoms with Crippen LogP contribution in [0.25, 0.3) is 5.69 Å². The molecule has 3 aromatic rings. The first-order valence-corrected chi connectivity index (χ1v) is 10.5. The molecule has 0 bridgehead atoms. The van der Waals surface area contributed by atoms with Crippen LogP contribution in [0.3, 0.4) is 0 Å². The number of nitriles is 1. The van der Waals surface area contributed by atoms with E-state index in [0.29, 0.717) is 18.4 Å². The Bertz CT molecular complexity index is 1090. The number of benzene rings is 2. The molecule has 29 heavy (non-hydrogen) atoms. The Balaban J connectivity index is 1.41. The lowest BCUT2D eigenvalue weighted by molar-refractivity contribution is 0.382. The Kier molecular flexibility index (Phi) is 4.83. The number of hydrogen-bond acceptors (Lipinski definition) is 4. The predicted octanol–water partition coefficient (Wildman–Crippen LogP) is 4.84. The molecule has 0 saturated heterocycles. The van der Waals surface area contributed by atoms with Crippen molar-refractivity contribution in [3.63, 3.8) is 0 Å². The smallest absolute Gasteiger partial charge is 0.151 e. The zero-order chi connectivity index (χ0) is 19.8. The number of halogens is 1. The highest BCUT2D eigenvalue weighted by atomic mass is 35.5. The molecular weight excluding hydrogens is 382 g/mol. The molecule has 1 aliphatic heterocycles. The third kappa shape index (κ3) is 3.43. The summed E-state index contributed by atoms with van der Waals surface area (Å²) in [6, 6.07) is 16.4. The number of aromatic nitrogens is 3. The van der Waals surface area contributed by atoms with Crippen LogP contribution in [-0.4, -0.2) is 14.8 Å². The minimum atomic E-state index is 0.397. The summed E-state index contributed by atoms with van der Waals surface area (Å²) in [5, 5.41) is 22.5. The van der Waals surface area contributed by atoms with Crippen molar-refractivity contribution in [2.75, 3.05) is 0 Å². The second-order valence-electron chi connectivity index (χ2n) is 7.97. The van der Waals surface area contributed by atoms with Gasteiger partial charge in [-0.3, -0.25) is 4.57 Å². The molecule has 1 aromatic heterocycles. The van der Waals surface area contributed by atoms with Crippen molar-refractivity contribution in [2.45, 2.75) is 50.6 Å². The van der Waals surface area contributed by atoms with Gasteiger partial charge in [-0.25, -0.2) is 0 Å². The molecule has 0 spiro atoms. The van der Waals surface area contributed by atoms with E-state index in [1.165, 1.54) is 11.1 Å². The van der Waals surface area contributed by atoms with Gasteiger partial charge in [0.15, 0.2) is 5.82 Å². The monoisotopic (exact) mass is 403 g/mol. The minimum Gasteiger partial charge on any atom is -0.306 e. The standard InChI is InChI=1S/C23H22ClN5/c24-20-8-9-21-19(11-20)13-26-14-22-27-28-23(29(21)22)17-6-4-16(5-7-17)18-3-1-2-15(10-18)12-25/h1-3,8-11,16-17,26H,4-7,13-14H2/t16-,17-. The maximum absolute atomic E-state index is 9.18. The molecule has 5 nitrogen and oxygen atoms in total. The summed E-state index contributed by atoms with van der Waals surface area (Å²) in [6.07, 6.45) is 4.37. The van der Waals surface area contributed by atoms with Gasteiger partial charge in [-0.15, -0.1) is 10.2 Å². The highest BCUT2D eigenvalue weighted by molar-refractivity contribution is 6.30. The molecule has 0 atom stereocenters. The van der Waals surface area contributed by atoms with Crippen molar-refractivity contribution in [3.05, 3.63) is 75.8 Å². The zero-order valence-electron chi connectivity index (χ0n) is 16.1. The number of nitrogens with one attached hydrogen (secondary N) is 1. The molecule has 2 aliphatic rings. The summed E-state index contributed by atoms with van der Waals surface area (Å²) in [5.41, 5.74) is 4.35. The molecule has 1 fully saturated rings. The highest BCUT2D eigenvalue weighted by Crippen LogP contribution is 2.41. The third-order valence-electron chi connectivity index (χ3n) is 6.22. The second-order valence-corrected chi connectivity index (χ2v) is 8.41. The lowest BCUT2D eigenvalue weighted by Gasteiger charge is -2.29. The Hall–Kier alpha value is -2.68. The summed E-state index contributed by atoms with van der Waals surface area (Å²) in [6.45, 7) is 1.48. The molecule has 1 N–H and O–H groups in total. The first-order chi connectivity index (χ1) is 14.2. The maximum atomic E-state index is 9.18. The van der Waals surface area contributed by atoms with E-state index in [4.69, 9.17) is 11.6 Å². The predicted molar refractivity (Wildman–Crippen MR) is 112 cm³/mol. The summed E-state index contributed by atoms with van der Waals surface area (Å²) in [7, 11) is 0. The van der Waals surface area contributed by atoms with E-state index in [9.17, 15) is 5.26 Å². The largest absolute Gasteiger partial charge is 0.306 e. The van der Waals surface area contributed by atoms with Crippen LogP contribution in [0.1, 0.15) is 65.9 Å². The topological polar surface area (TPSA) is 66.5 Å². The summed E-state index contributed by atoms with van der Waals surface area (Å²) >= 11 is 6.23. The van der Waals surface area contributed by atoms with Crippen molar-refractivity contribution in [1.82, 2.24) is 20.1 Å². The Morgan fingerprint density at radius 1 is 1.00 bits per heavy atom. The van der Waals surface area contributed by atoms with Gasteiger partial charge in [-0.05, 0) is 73.1 Å². The number of nitrogens with zero attached hydrogens (tertiary/aromatic N) is 4. The Morgan fingerprint density at radius 3 is 2.66 bits per heavy atom. The zero-order valence-corrected chi connectivity index (χ0v) is 16.9. The molecule has 1 saturated carbocycles. The van der Waals surface area contributed by atoms with Crippen LogP contribution in [0.15, 0.2) is 42.5 Å². The van der Waals surface area contributed by atoms with Crippen LogP contribution in [0.4, 0.5) is 0 Å². The first-order valence-electron chi connectivity index (χ1n) is 10.2. The van der Waals surface area contributed by atoms with Crippen molar-refractivity contribution in [2.24, 2.45) is 0 Å². The van der Waals surface area contributed by atoms with E-state index in [1.54, 1.807) is 0 Å². The van der Waals surface area contributed by atoms with Gasteiger partial charge in [-0.1, -0.05) is 23.7 Å². The average molecular weight is 404 g/mol. The summed E-state index contributed by atoms with van der Waals surface area (Å²) < 4.78 is 2.24. The van der Waals surface area contributed by atoms with Crippen molar-refractivity contribution in [3.8, 4) is 11.8 Å². The van der Waals surface area contributed by atoms with Crippen LogP contribution in [0.2, 0.25) is 5.02 Å². The van der Waals surface area contributed by atoms with Gasteiger partial charge in [-0.2, -0.15) is 5.26 Å². The first kappa shape index (κ1) is 18.4. The van der Waals surface area contributed by atoms with E-state index < -0.39 is 0 Å². The van der Waals surface area contributed by atoms with Crippen LogP contribution in [0.5, 0.6) is 0 Å². The second kappa shape index (κ2) is 7.62. The van der Waals surface area contributed by atoms with Gasteiger partial charge in [0.25, 0.3) is 0 Å². The van der Waals surface area contributed by atoms with Crippen molar-refractivity contribution in [1.29, 1.82) is 5.26 Å². The summed E-state index contributed by atoms with van der Waals surface area (Å²) in [4.78, 5) is 0. The Labute approximate surface area is 175 Å². The van der Waals surface area contributed by atoms with Crippen molar-refractivity contribution < 1.29 is 0 Å². The SMILES string of the molecule is N#Cc1cccc([C@H]2CC[C@H](c3nnc4n3-c3ccc(Cl)cc3CNC4)CC2)c1. The van der Waals surface area contributed by atoms with E-state index >= 15 is 0 Å². The fourth-order valence-electron chi connectivity index (χ4n) is 4.74. The van der Waals surface area contributed by atoms with E-state index in [2.05, 4.69) is 38.3 Å². The quantitative estimate of drug-likeness (QED) is 0.665. The van der Waals surface area contributed by atoms with Gasteiger partial charge >= 0.3 is 0 Å². The van der Waals surface area contributed by atoms with Gasteiger partial charge in [0.2, 0.25) is 0 Å². The van der Waals surface area contributed by atoms with Gasteiger partial charge < -0.3 is 5.32 Å². The molecular formula is C23H22ClN5. The van der Waals surface area contributed by atoms with Gasteiger partial charge in [0.05, 0.1) is 23.9 Å². The molecule has 0 amide bonds. The fourth-order valence-corrected chi connectivity index (χ4v) is 4.94. The molecule has 146 valence electrons. The van der Waals surface area contributed by atoms with E-state index in [1.807, 2.05) is 30.3 Å². The van der Waals surface area contributed by atoms with E-state index in [0.717, 1.165) is 60.2 Å². The lowest BCUT2D eigenvalue weighted by Crippen LogP contribution is -2.17. The Morgan fingerprint density at radius 2 is 1.83 bits per heavy atom. The fraction of sp³-hybridized carbons (Fsp3) is 0.348. The molecule has 2 heterocycles. The number of rotatable bonds is 2. The van der Waals surface area contributed by atoms with Crippen LogP contribution >= 0.6 is 11.6 Å². The number of fused-ring (bicyclic) bond motifs is 3. The maximum Gasteiger partial charge on any atom is 0.151 e. The van der Waals surface area contributed by atoms with Crippen LogP contribution in [0, 0.1) is 11.3 Å². The van der Waals surface area contributed by atoms with Gasteiger partial charge in [0.1, 0.15) is 5.82 Å². The molecule has 0 radical (unpaired) electrons. The summed E-state index contributed by atoms with van der Waals surface area (Å²) in [5.74, 6) is 2.94. The minimum absolute atomic E-state index is 0.397.